The van der Waals surface area contributed by atoms with E-state index >= 15 is 0 Å². The van der Waals surface area contributed by atoms with E-state index < -0.39 is 40.8 Å². The van der Waals surface area contributed by atoms with Crippen LogP contribution in [0.4, 0.5) is 0 Å². The van der Waals surface area contributed by atoms with E-state index in [1.165, 1.54) is 12.1 Å². The Kier molecular flexibility index (Phi) is 5.89. The predicted molar refractivity (Wildman–Crippen MR) is 92.9 cm³/mol. The third kappa shape index (κ3) is 3.88. The fraction of sp³-hybridized carbons (Fsp3) is 0.105. The van der Waals surface area contributed by atoms with Crippen molar-refractivity contribution in [3.8, 4) is 0 Å². The molecule has 144 valence electrons. The molecule has 0 aromatic heterocycles. The Morgan fingerprint density at radius 3 is 1.29 bits per heavy atom. The van der Waals surface area contributed by atoms with Gasteiger partial charge in [0.05, 0.1) is 36.5 Å². The summed E-state index contributed by atoms with van der Waals surface area (Å²) < 4.78 is 9.01. The maximum atomic E-state index is 12.7. The summed E-state index contributed by atoms with van der Waals surface area (Å²) >= 11 is 0. The Hall–Kier alpha value is -4.01. The molecule has 0 aliphatic carbocycles. The lowest BCUT2D eigenvalue weighted by atomic mass is 9.95. The first kappa shape index (κ1) is 20.3. The van der Waals surface area contributed by atoms with Crippen molar-refractivity contribution in [2.24, 2.45) is 0 Å². The molecule has 2 rings (SSSR count). The van der Waals surface area contributed by atoms with Gasteiger partial charge in [0.15, 0.2) is 5.78 Å². The van der Waals surface area contributed by atoms with Crippen molar-refractivity contribution in [1.29, 1.82) is 0 Å². The summed E-state index contributed by atoms with van der Waals surface area (Å²) in [5.74, 6) is -5.35. The lowest BCUT2D eigenvalue weighted by molar-refractivity contribution is 0.0580. The quantitative estimate of drug-likeness (QED) is 0.561. The number of carboxylic acid groups (broad SMARTS) is 2. The zero-order valence-electron chi connectivity index (χ0n) is 14.7. The van der Waals surface area contributed by atoms with Crippen LogP contribution < -0.4 is 0 Å². The summed E-state index contributed by atoms with van der Waals surface area (Å²) in [5, 5.41) is 18.6. The van der Waals surface area contributed by atoms with Crippen molar-refractivity contribution in [3.05, 3.63) is 69.8 Å². The molecule has 0 heterocycles. The zero-order valence-corrected chi connectivity index (χ0v) is 14.7. The molecule has 0 aliphatic rings. The number of carbonyl (C=O) groups is 5. The smallest absolute Gasteiger partial charge is 0.338 e. The number of hydrogen-bond donors (Lipinski definition) is 2. The summed E-state index contributed by atoms with van der Waals surface area (Å²) in [4.78, 5) is 58.8. The van der Waals surface area contributed by atoms with Gasteiger partial charge in [-0.15, -0.1) is 0 Å². The maximum absolute atomic E-state index is 12.7. The van der Waals surface area contributed by atoms with Crippen LogP contribution >= 0.6 is 0 Å². The number of rotatable bonds is 6. The van der Waals surface area contributed by atoms with Gasteiger partial charge in [-0.1, -0.05) is 12.1 Å². The number of esters is 2. The van der Waals surface area contributed by atoms with Crippen molar-refractivity contribution in [2.45, 2.75) is 0 Å². The summed E-state index contributed by atoms with van der Waals surface area (Å²) in [5.41, 5.74) is -1.54. The van der Waals surface area contributed by atoms with Gasteiger partial charge >= 0.3 is 23.9 Å². The minimum absolute atomic E-state index is 0.0905. The molecular weight excluding hydrogens is 372 g/mol. The second-order valence-electron chi connectivity index (χ2n) is 5.44. The minimum Gasteiger partial charge on any atom is -0.478 e. The van der Waals surface area contributed by atoms with Crippen LogP contribution in [0.5, 0.6) is 0 Å². The van der Waals surface area contributed by atoms with Gasteiger partial charge in [-0.05, 0) is 24.3 Å². The number of benzene rings is 2. The average molecular weight is 386 g/mol. The molecule has 0 radical (unpaired) electrons. The molecule has 0 atom stereocenters. The van der Waals surface area contributed by atoms with E-state index in [0.717, 1.165) is 38.5 Å². The van der Waals surface area contributed by atoms with E-state index in [1.54, 1.807) is 0 Å². The number of carboxylic acids is 2. The maximum Gasteiger partial charge on any atom is 0.338 e. The van der Waals surface area contributed by atoms with Gasteiger partial charge in [0, 0.05) is 11.1 Å². The summed E-state index contributed by atoms with van der Waals surface area (Å²) in [6.07, 6.45) is 0. The lowest BCUT2D eigenvalue weighted by Gasteiger charge is -2.09. The minimum atomic E-state index is -1.44. The highest BCUT2D eigenvalue weighted by Crippen LogP contribution is 2.20. The first-order chi connectivity index (χ1) is 13.2. The molecule has 0 amide bonds. The third-order valence-corrected chi connectivity index (χ3v) is 3.83. The van der Waals surface area contributed by atoms with E-state index in [9.17, 15) is 34.2 Å². The normalized spacial score (nSPS) is 10.1. The second kappa shape index (κ2) is 8.12. The first-order valence-electron chi connectivity index (χ1n) is 7.67. The SMILES string of the molecule is COC(=O)c1ccc(C(=O)c2ccc(C(=O)OC)c(C(=O)O)c2)cc1C(=O)O. The molecule has 2 aromatic carbocycles. The largest absolute Gasteiger partial charge is 0.478 e. The number of methoxy groups -OCH3 is 2. The van der Waals surface area contributed by atoms with Crippen molar-refractivity contribution in [1.82, 2.24) is 0 Å². The molecular formula is C19H14O9. The highest BCUT2D eigenvalue weighted by atomic mass is 16.5. The Morgan fingerprint density at radius 1 is 0.643 bits per heavy atom. The van der Waals surface area contributed by atoms with E-state index in [4.69, 9.17) is 0 Å². The number of hydrogen-bond acceptors (Lipinski definition) is 7. The molecule has 0 unspecified atom stereocenters. The fourth-order valence-electron chi connectivity index (χ4n) is 2.47. The second-order valence-corrected chi connectivity index (χ2v) is 5.44. The van der Waals surface area contributed by atoms with E-state index in [2.05, 4.69) is 9.47 Å². The van der Waals surface area contributed by atoms with Crippen molar-refractivity contribution < 1.29 is 43.7 Å². The van der Waals surface area contributed by atoms with E-state index in [-0.39, 0.29) is 22.3 Å². The molecule has 28 heavy (non-hydrogen) atoms. The van der Waals surface area contributed by atoms with Gasteiger partial charge < -0.3 is 19.7 Å². The number of ketones is 1. The van der Waals surface area contributed by atoms with E-state index in [1.807, 2.05) is 0 Å². The van der Waals surface area contributed by atoms with Crippen LogP contribution in [0.15, 0.2) is 36.4 Å². The van der Waals surface area contributed by atoms with Crippen LogP contribution in [0.2, 0.25) is 0 Å². The summed E-state index contributed by atoms with van der Waals surface area (Å²) in [7, 11) is 2.17. The Labute approximate surface area is 158 Å². The van der Waals surface area contributed by atoms with Gasteiger partial charge in [-0.2, -0.15) is 0 Å². The average Bonchev–Trinajstić information content (AvgIpc) is 2.70. The topological polar surface area (TPSA) is 144 Å². The zero-order chi connectivity index (χ0) is 21.0. The predicted octanol–water partition coefficient (Wildman–Crippen LogP) is 1.89. The molecule has 0 spiro atoms. The molecule has 9 heteroatoms. The lowest BCUT2D eigenvalue weighted by Crippen LogP contribution is -2.14. The van der Waals surface area contributed by atoms with Crippen molar-refractivity contribution in [2.75, 3.05) is 14.2 Å². The molecule has 0 fully saturated rings. The summed E-state index contributed by atoms with van der Waals surface area (Å²) in [6, 6.07) is 6.68. The van der Waals surface area contributed by atoms with Crippen LogP contribution in [0, 0.1) is 0 Å². The van der Waals surface area contributed by atoms with Gasteiger partial charge in [0.2, 0.25) is 0 Å². The number of ether oxygens (including phenoxy) is 2. The Morgan fingerprint density at radius 2 is 1.00 bits per heavy atom. The number of aromatic carboxylic acids is 2. The fourth-order valence-corrected chi connectivity index (χ4v) is 2.47. The van der Waals surface area contributed by atoms with Gasteiger partial charge in [-0.25, -0.2) is 19.2 Å². The van der Waals surface area contributed by atoms with Crippen LogP contribution in [0.3, 0.4) is 0 Å². The van der Waals surface area contributed by atoms with Crippen LogP contribution in [-0.2, 0) is 9.47 Å². The summed E-state index contributed by atoms with van der Waals surface area (Å²) in [6.45, 7) is 0. The van der Waals surface area contributed by atoms with Crippen molar-refractivity contribution >= 4 is 29.7 Å². The van der Waals surface area contributed by atoms with Crippen LogP contribution in [0.1, 0.15) is 57.4 Å². The number of carbonyl (C=O) groups excluding carboxylic acids is 3. The third-order valence-electron chi connectivity index (χ3n) is 3.83. The monoisotopic (exact) mass is 386 g/mol. The Bertz CT molecular complexity index is 925. The molecule has 9 nitrogen and oxygen atoms in total. The van der Waals surface area contributed by atoms with E-state index in [0.29, 0.717) is 0 Å². The van der Waals surface area contributed by atoms with Gasteiger partial charge in [0.1, 0.15) is 0 Å². The highest BCUT2D eigenvalue weighted by molar-refractivity contribution is 6.13. The standard InChI is InChI=1S/C19H14O9/c1-27-18(25)11-5-3-9(7-13(11)16(21)22)15(20)10-4-6-12(19(26)28-2)14(8-10)17(23)24/h3-8H,1-2H3,(H,21,22)(H,23,24). The molecule has 0 saturated carbocycles. The van der Waals surface area contributed by atoms with Crippen molar-refractivity contribution in [3.63, 3.8) is 0 Å². The molecule has 0 aliphatic heterocycles. The van der Waals surface area contributed by atoms with Gasteiger partial charge in [0.25, 0.3) is 0 Å². The highest BCUT2D eigenvalue weighted by Gasteiger charge is 2.23. The molecule has 2 N–H and O–H groups in total. The van der Waals surface area contributed by atoms with Gasteiger partial charge in [-0.3, -0.25) is 4.79 Å². The Balaban J connectivity index is 2.54. The molecule has 2 aromatic rings. The first-order valence-corrected chi connectivity index (χ1v) is 7.67. The van der Waals surface area contributed by atoms with Crippen LogP contribution in [-0.4, -0.2) is 54.1 Å². The molecule has 0 saturated heterocycles. The van der Waals surface area contributed by atoms with Crippen LogP contribution in [0.25, 0.3) is 0 Å². The molecule has 0 bridgehead atoms.